The number of rotatable bonds is 2. The second-order valence-corrected chi connectivity index (χ2v) is 4.43. The topological polar surface area (TPSA) is 72.9 Å². The lowest BCUT2D eigenvalue weighted by molar-refractivity contribution is 0.0697. The van der Waals surface area contributed by atoms with Gasteiger partial charge in [-0.25, -0.2) is 14.8 Å². The number of aromatic carboxylic acids is 1. The summed E-state index contributed by atoms with van der Waals surface area (Å²) in [6, 6.07) is 4.91. The van der Waals surface area contributed by atoms with Crippen LogP contribution in [0, 0.1) is 0 Å². The number of carboxylic acid groups (broad SMARTS) is 1. The Morgan fingerprint density at radius 1 is 1.32 bits per heavy atom. The first kappa shape index (κ1) is 11.5. The number of carbonyl (C=O) groups is 1. The van der Waals surface area contributed by atoms with E-state index in [4.69, 9.17) is 5.11 Å². The van der Waals surface area contributed by atoms with Gasteiger partial charge >= 0.3 is 5.97 Å². The van der Waals surface area contributed by atoms with E-state index >= 15 is 0 Å². The van der Waals surface area contributed by atoms with E-state index in [1.54, 1.807) is 24.5 Å². The van der Waals surface area contributed by atoms with E-state index in [0.29, 0.717) is 5.52 Å². The molecular weight excluding hydrogens is 244 g/mol. The van der Waals surface area contributed by atoms with Crippen molar-refractivity contribution in [2.75, 3.05) is 0 Å². The summed E-state index contributed by atoms with van der Waals surface area (Å²) in [6.45, 7) is 0. The van der Waals surface area contributed by atoms with Gasteiger partial charge in [0.15, 0.2) is 5.82 Å². The normalized spacial score (nSPS) is 11.1. The molecule has 0 saturated carbocycles. The minimum Gasteiger partial charge on any atom is -0.478 e. The fourth-order valence-electron chi connectivity index (χ4n) is 2.09. The van der Waals surface area contributed by atoms with Gasteiger partial charge in [-0.1, -0.05) is 0 Å². The maximum Gasteiger partial charge on any atom is 0.335 e. The van der Waals surface area contributed by atoms with Gasteiger partial charge in [0.1, 0.15) is 5.69 Å². The lowest BCUT2D eigenvalue weighted by Crippen LogP contribution is -1.95. The third kappa shape index (κ3) is 1.77. The number of imidazole rings is 2. The number of hydrogen-bond donors (Lipinski definition) is 1. The van der Waals surface area contributed by atoms with E-state index in [2.05, 4.69) is 9.97 Å². The standard InChI is InChI=1S/C13H12N4O2/c1-16-6-10(14-7-16)12-15-9-5-8(13(18)19)3-4-11(9)17(12)2/h3-7H,1-2H3,(H,18,19). The van der Waals surface area contributed by atoms with Crippen molar-refractivity contribution in [3.8, 4) is 11.5 Å². The van der Waals surface area contributed by atoms with Crippen LogP contribution in [0.1, 0.15) is 10.4 Å². The summed E-state index contributed by atoms with van der Waals surface area (Å²) >= 11 is 0. The minimum atomic E-state index is -0.952. The summed E-state index contributed by atoms with van der Waals surface area (Å²) in [4.78, 5) is 19.7. The van der Waals surface area contributed by atoms with E-state index in [0.717, 1.165) is 17.0 Å². The number of carboxylic acids is 1. The molecule has 0 bridgehead atoms. The molecule has 6 heteroatoms. The molecule has 6 nitrogen and oxygen atoms in total. The summed E-state index contributed by atoms with van der Waals surface area (Å²) < 4.78 is 3.75. The summed E-state index contributed by atoms with van der Waals surface area (Å²) in [5, 5.41) is 8.99. The van der Waals surface area contributed by atoms with Crippen LogP contribution < -0.4 is 0 Å². The van der Waals surface area contributed by atoms with Gasteiger partial charge in [-0.05, 0) is 18.2 Å². The number of nitrogens with zero attached hydrogens (tertiary/aromatic N) is 4. The molecule has 3 rings (SSSR count). The number of aryl methyl sites for hydroxylation is 2. The minimum absolute atomic E-state index is 0.234. The number of benzene rings is 1. The SMILES string of the molecule is Cn1cnc(-c2nc3cc(C(=O)O)ccc3n2C)c1. The monoisotopic (exact) mass is 256 g/mol. The molecule has 0 fully saturated rings. The molecule has 0 saturated heterocycles. The number of hydrogen-bond acceptors (Lipinski definition) is 3. The molecule has 0 amide bonds. The molecule has 2 aromatic heterocycles. The smallest absolute Gasteiger partial charge is 0.335 e. The molecule has 2 heterocycles. The summed E-state index contributed by atoms with van der Waals surface area (Å²) in [5.41, 5.74) is 2.53. The Morgan fingerprint density at radius 2 is 2.11 bits per heavy atom. The van der Waals surface area contributed by atoms with Crippen LogP contribution in [0.15, 0.2) is 30.7 Å². The van der Waals surface area contributed by atoms with Crippen molar-refractivity contribution in [3.05, 3.63) is 36.3 Å². The van der Waals surface area contributed by atoms with Crippen molar-refractivity contribution in [2.24, 2.45) is 14.1 Å². The van der Waals surface area contributed by atoms with Crippen molar-refractivity contribution in [1.82, 2.24) is 19.1 Å². The average Bonchev–Trinajstić information content (AvgIpc) is 2.93. The molecule has 0 aliphatic rings. The molecule has 0 aliphatic heterocycles. The van der Waals surface area contributed by atoms with Gasteiger partial charge in [-0.2, -0.15) is 0 Å². The van der Waals surface area contributed by atoms with Gasteiger partial charge in [0.2, 0.25) is 0 Å². The summed E-state index contributed by atoms with van der Waals surface area (Å²) in [5.74, 6) is -0.231. The van der Waals surface area contributed by atoms with E-state index in [1.165, 1.54) is 0 Å². The lowest BCUT2D eigenvalue weighted by Gasteiger charge is -1.98. The van der Waals surface area contributed by atoms with Crippen LogP contribution in [0.5, 0.6) is 0 Å². The van der Waals surface area contributed by atoms with Crippen molar-refractivity contribution in [2.45, 2.75) is 0 Å². The average molecular weight is 256 g/mol. The molecule has 19 heavy (non-hydrogen) atoms. The van der Waals surface area contributed by atoms with Crippen LogP contribution in [0.4, 0.5) is 0 Å². The van der Waals surface area contributed by atoms with E-state index in [-0.39, 0.29) is 5.56 Å². The molecule has 0 atom stereocenters. The Kier molecular flexibility index (Phi) is 2.38. The zero-order chi connectivity index (χ0) is 13.6. The van der Waals surface area contributed by atoms with Crippen LogP contribution in [0.25, 0.3) is 22.6 Å². The van der Waals surface area contributed by atoms with Crippen LogP contribution in [0.2, 0.25) is 0 Å². The largest absolute Gasteiger partial charge is 0.478 e. The van der Waals surface area contributed by atoms with Gasteiger partial charge in [-0.15, -0.1) is 0 Å². The van der Waals surface area contributed by atoms with Crippen LogP contribution in [0.3, 0.4) is 0 Å². The fraction of sp³-hybridized carbons (Fsp3) is 0.154. The highest BCUT2D eigenvalue weighted by Gasteiger charge is 2.13. The van der Waals surface area contributed by atoms with Gasteiger partial charge in [0.05, 0.1) is 22.9 Å². The lowest BCUT2D eigenvalue weighted by atomic mass is 10.2. The third-order valence-electron chi connectivity index (χ3n) is 3.06. The van der Waals surface area contributed by atoms with Crippen molar-refractivity contribution in [3.63, 3.8) is 0 Å². The van der Waals surface area contributed by atoms with E-state index in [9.17, 15) is 4.79 Å². The fourth-order valence-corrected chi connectivity index (χ4v) is 2.09. The molecular formula is C13H12N4O2. The summed E-state index contributed by atoms with van der Waals surface area (Å²) in [6.07, 6.45) is 3.58. The predicted octanol–water partition coefficient (Wildman–Crippen LogP) is 1.67. The number of aromatic nitrogens is 4. The third-order valence-corrected chi connectivity index (χ3v) is 3.06. The highest BCUT2D eigenvalue weighted by molar-refractivity contribution is 5.93. The maximum absolute atomic E-state index is 11.0. The Hall–Kier alpha value is -2.63. The van der Waals surface area contributed by atoms with Crippen molar-refractivity contribution in [1.29, 1.82) is 0 Å². The maximum atomic E-state index is 11.0. The second-order valence-electron chi connectivity index (χ2n) is 4.43. The Labute approximate surface area is 108 Å². The number of fused-ring (bicyclic) bond motifs is 1. The zero-order valence-corrected chi connectivity index (χ0v) is 10.5. The van der Waals surface area contributed by atoms with Gasteiger partial charge in [-0.3, -0.25) is 0 Å². The molecule has 0 radical (unpaired) electrons. The zero-order valence-electron chi connectivity index (χ0n) is 10.5. The van der Waals surface area contributed by atoms with Crippen molar-refractivity contribution >= 4 is 17.0 Å². The molecule has 0 unspecified atom stereocenters. The second kappa shape index (κ2) is 3.94. The predicted molar refractivity (Wildman–Crippen MR) is 69.9 cm³/mol. The molecule has 0 spiro atoms. The molecule has 1 N–H and O–H groups in total. The van der Waals surface area contributed by atoms with Gasteiger partial charge in [0.25, 0.3) is 0 Å². The Balaban J connectivity index is 2.22. The van der Waals surface area contributed by atoms with E-state index < -0.39 is 5.97 Å². The first-order valence-corrected chi connectivity index (χ1v) is 5.74. The Morgan fingerprint density at radius 3 is 2.74 bits per heavy atom. The molecule has 96 valence electrons. The quantitative estimate of drug-likeness (QED) is 0.757. The first-order valence-electron chi connectivity index (χ1n) is 5.74. The Bertz CT molecular complexity index is 785. The molecule has 1 aromatic carbocycles. The van der Waals surface area contributed by atoms with E-state index in [1.807, 2.05) is 29.4 Å². The first-order chi connectivity index (χ1) is 9.06. The van der Waals surface area contributed by atoms with Gasteiger partial charge < -0.3 is 14.2 Å². The van der Waals surface area contributed by atoms with Gasteiger partial charge in [0, 0.05) is 20.3 Å². The summed E-state index contributed by atoms with van der Waals surface area (Å²) in [7, 11) is 3.78. The highest BCUT2D eigenvalue weighted by atomic mass is 16.4. The molecule has 0 aliphatic carbocycles. The molecule has 3 aromatic rings. The van der Waals surface area contributed by atoms with Crippen LogP contribution >= 0.6 is 0 Å². The van der Waals surface area contributed by atoms with Crippen molar-refractivity contribution < 1.29 is 9.90 Å². The van der Waals surface area contributed by atoms with Crippen LogP contribution in [-0.2, 0) is 14.1 Å². The van der Waals surface area contributed by atoms with Crippen LogP contribution in [-0.4, -0.2) is 30.2 Å². The highest BCUT2D eigenvalue weighted by Crippen LogP contribution is 2.23.